The van der Waals surface area contributed by atoms with Gasteiger partial charge in [-0.2, -0.15) is 0 Å². The Morgan fingerprint density at radius 3 is 2.50 bits per heavy atom. The molecule has 0 unspecified atom stereocenters. The Hall–Kier alpha value is -2.65. The van der Waals surface area contributed by atoms with Gasteiger partial charge in [0, 0.05) is 11.7 Å². The predicted octanol–water partition coefficient (Wildman–Crippen LogP) is 4.44. The van der Waals surface area contributed by atoms with Crippen LogP contribution in [0.25, 0.3) is 10.8 Å². The molecule has 0 fully saturated rings. The van der Waals surface area contributed by atoms with Gasteiger partial charge in [0.15, 0.2) is 0 Å². The monoisotopic (exact) mass is 318 g/mol. The maximum absolute atomic E-state index is 12.2. The lowest BCUT2D eigenvalue weighted by Gasteiger charge is -2.17. The number of carbonyl (C=O) groups is 1. The molecule has 0 aliphatic heterocycles. The fourth-order valence-electron chi connectivity index (χ4n) is 2.89. The van der Waals surface area contributed by atoms with Gasteiger partial charge in [0.05, 0.1) is 6.54 Å². The summed E-state index contributed by atoms with van der Waals surface area (Å²) in [4.78, 5) is 12.2. The molecule has 24 heavy (non-hydrogen) atoms. The van der Waals surface area contributed by atoms with E-state index >= 15 is 0 Å². The van der Waals surface area contributed by atoms with Crippen LogP contribution in [0, 0.1) is 6.92 Å². The van der Waals surface area contributed by atoms with Gasteiger partial charge in [-0.05, 0) is 41.8 Å². The second-order valence-corrected chi connectivity index (χ2v) is 6.03. The standard InChI is InChI=1S/C21H22N2O/c1-15-8-3-6-13-20(15)23-21(24)14-22-16(2)18-12-7-10-17-9-4-5-11-19(17)18/h3-13,16,22H,14H2,1-2H3,(H,23,24)/t16-/m1/s1. The van der Waals surface area contributed by atoms with Gasteiger partial charge in [0.1, 0.15) is 0 Å². The van der Waals surface area contributed by atoms with Gasteiger partial charge in [-0.15, -0.1) is 0 Å². The summed E-state index contributed by atoms with van der Waals surface area (Å²) in [5, 5.41) is 8.71. The zero-order valence-electron chi connectivity index (χ0n) is 14.0. The summed E-state index contributed by atoms with van der Waals surface area (Å²) >= 11 is 0. The molecule has 0 bridgehead atoms. The highest BCUT2D eigenvalue weighted by molar-refractivity contribution is 5.93. The Morgan fingerprint density at radius 1 is 0.958 bits per heavy atom. The summed E-state index contributed by atoms with van der Waals surface area (Å²) in [5.74, 6) is -0.0311. The van der Waals surface area contributed by atoms with E-state index in [1.54, 1.807) is 0 Å². The number of para-hydroxylation sites is 1. The first-order valence-corrected chi connectivity index (χ1v) is 8.21. The van der Waals surface area contributed by atoms with E-state index in [4.69, 9.17) is 0 Å². The highest BCUT2D eigenvalue weighted by atomic mass is 16.1. The minimum absolute atomic E-state index is 0.0311. The first-order chi connectivity index (χ1) is 11.6. The van der Waals surface area contributed by atoms with E-state index in [9.17, 15) is 4.79 Å². The lowest BCUT2D eigenvalue weighted by atomic mass is 10.00. The fourth-order valence-corrected chi connectivity index (χ4v) is 2.89. The Labute approximate surface area is 142 Å². The van der Waals surface area contributed by atoms with E-state index in [0.29, 0.717) is 0 Å². The molecule has 2 N–H and O–H groups in total. The predicted molar refractivity (Wildman–Crippen MR) is 100 cm³/mol. The maximum Gasteiger partial charge on any atom is 0.238 e. The number of amides is 1. The average Bonchev–Trinajstić information content (AvgIpc) is 2.61. The summed E-state index contributed by atoms with van der Waals surface area (Å²) in [6.45, 7) is 4.35. The highest BCUT2D eigenvalue weighted by Gasteiger charge is 2.11. The molecule has 0 saturated carbocycles. The number of anilines is 1. The Bertz CT molecular complexity index is 852. The number of aryl methyl sites for hydroxylation is 1. The van der Waals surface area contributed by atoms with Gasteiger partial charge < -0.3 is 10.6 Å². The van der Waals surface area contributed by atoms with Gasteiger partial charge in [0.2, 0.25) is 5.91 Å². The third-order valence-electron chi connectivity index (χ3n) is 4.28. The van der Waals surface area contributed by atoms with Crippen molar-refractivity contribution in [2.24, 2.45) is 0 Å². The van der Waals surface area contributed by atoms with Crippen molar-refractivity contribution in [3.05, 3.63) is 77.9 Å². The molecule has 3 rings (SSSR count). The summed E-state index contributed by atoms with van der Waals surface area (Å²) in [5.41, 5.74) is 3.13. The smallest absolute Gasteiger partial charge is 0.238 e. The zero-order valence-corrected chi connectivity index (χ0v) is 14.0. The Kier molecular flexibility index (Phi) is 4.92. The number of fused-ring (bicyclic) bond motifs is 1. The fraction of sp³-hybridized carbons (Fsp3) is 0.190. The molecular weight excluding hydrogens is 296 g/mol. The number of hydrogen-bond acceptors (Lipinski definition) is 2. The SMILES string of the molecule is Cc1ccccc1NC(=O)CN[C@H](C)c1cccc2ccccc12. The number of carbonyl (C=O) groups excluding carboxylic acids is 1. The largest absolute Gasteiger partial charge is 0.325 e. The number of rotatable bonds is 5. The molecule has 0 radical (unpaired) electrons. The molecule has 0 spiro atoms. The first kappa shape index (κ1) is 16.2. The van der Waals surface area contributed by atoms with Crippen molar-refractivity contribution in [2.75, 3.05) is 11.9 Å². The molecule has 0 aliphatic rings. The van der Waals surface area contributed by atoms with Crippen molar-refractivity contribution in [2.45, 2.75) is 19.9 Å². The van der Waals surface area contributed by atoms with Crippen LogP contribution in [0.15, 0.2) is 66.7 Å². The van der Waals surface area contributed by atoms with Crippen LogP contribution in [0.5, 0.6) is 0 Å². The Balaban J connectivity index is 1.65. The van der Waals surface area contributed by atoms with Crippen molar-refractivity contribution >= 4 is 22.4 Å². The third-order valence-corrected chi connectivity index (χ3v) is 4.28. The van der Waals surface area contributed by atoms with Crippen molar-refractivity contribution in [1.29, 1.82) is 0 Å². The van der Waals surface area contributed by atoms with E-state index in [1.807, 2.05) is 43.3 Å². The molecule has 0 heterocycles. The number of nitrogens with one attached hydrogen (secondary N) is 2. The van der Waals surface area contributed by atoms with Crippen LogP contribution in [0.4, 0.5) is 5.69 Å². The quantitative estimate of drug-likeness (QED) is 0.730. The van der Waals surface area contributed by atoms with Crippen molar-refractivity contribution < 1.29 is 4.79 Å². The lowest BCUT2D eigenvalue weighted by Crippen LogP contribution is -2.30. The summed E-state index contributed by atoms with van der Waals surface area (Å²) in [6, 6.07) is 22.5. The molecule has 0 aromatic heterocycles. The van der Waals surface area contributed by atoms with Gasteiger partial charge in [0.25, 0.3) is 0 Å². The molecule has 0 aliphatic carbocycles. The Morgan fingerprint density at radius 2 is 1.67 bits per heavy atom. The molecule has 1 atom stereocenters. The molecule has 0 saturated heterocycles. The van der Waals surface area contributed by atoms with Gasteiger partial charge in [-0.25, -0.2) is 0 Å². The van der Waals surface area contributed by atoms with Crippen LogP contribution in [0.2, 0.25) is 0 Å². The molecule has 3 heteroatoms. The second-order valence-electron chi connectivity index (χ2n) is 6.03. The summed E-state index contributed by atoms with van der Waals surface area (Å²) in [6.07, 6.45) is 0. The van der Waals surface area contributed by atoms with Crippen LogP contribution in [0.3, 0.4) is 0 Å². The number of hydrogen-bond donors (Lipinski definition) is 2. The van der Waals surface area contributed by atoms with E-state index in [-0.39, 0.29) is 18.5 Å². The molecular formula is C21H22N2O. The molecule has 122 valence electrons. The van der Waals surface area contributed by atoms with Crippen LogP contribution in [0.1, 0.15) is 24.1 Å². The minimum atomic E-state index is -0.0311. The second kappa shape index (κ2) is 7.28. The van der Waals surface area contributed by atoms with Crippen molar-refractivity contribution in [3.63, 3.8) is 0 Å². The maximum atomic E-state index is 12.2. The molecule has 3 aromatic rings. The highest BCUT2D eigenvalue weighted by Crippen LogP contribution is 2.23. The summed E-state index contributed by atoms with van der Waals surface area (Å²) in [7, 11) is 0. The topological polar surface area (TPSA) is 41.1 Å². The lowest BCUT2D eigenvalue weighted by molar-refractivity contribution is -0.115. The van der Waals surface area contributed by atoms with E-state index in [1.165, 1.54) is 16.3 Å². The third kappa shape index (κ3) is 3.63. The molecule has 3 aromatic carbocycles. The molecule has 3 nitrogen and oxygen atoms in total. The first-order valence-electron chi connectivity index (χ1n) is 8.21. The van der Waals surface area contributed by atoms with Crippen LogP contribution < -0.4 is 10.6 Å². The normalized spacial score (nSPS) is 12.1. The van der Waals surface area contributed by atoms with Crippen molar-refractivity contribution in [1.82, 2.24) is 5.32 Å². The van der Waals surface area contributed by atoms with Gasteiger partial charge in [-0.1, -0.05) is 60.7 Å². The summed E-state index contributed by atoms with van der Waals surface area (Å²) < 4.78 is 0. The molecule has 1 amide bonds. The van der Waals surface area contributed by atoms with Crippen molar-refractivity contribution in [3.8, 4) is 0 Å². The number of benzene rings is 3. The van der Waals surface area contributed by atoms with Crippen LogP contribution in [-0.4, -0.2) is 12.5 Å². The van der Waals surface area contributed by atoms with E-state index < -0.39 is 0 Å². The minimum Gasteiger partial charge on any atom is -0.325 e. The van der Waals surface area contributed by atoms with E-state index in [0.717, 1.165) is 11.3 Å². The zero-order chi connectivity index (χ0) is 16.9. The van der Waals surface area contributed by atoms with Crippen LogP contribution >= 0.6 is 0 Å². The average molecular weight is 318 g/mol. The van der Waals surface area contributed by atoms with Crippen LogP contribution in [-0.2, 0) is 4.79 Å². The van der Waals surface area contributed by atoms with Gasteiger partial charge in [-0.3, -0.25) is 4.79 Å². The van der Waals surface area contributed by atoms with Gasteiger partial charge >= 0.3 is 0 Å². The van der Waals surface area contributed by atoms with E-state index in [2.05, 4.69) is 47.9 Å².